The van der Waals surface area contributed by atoms with Crippen molar-refractivity contribution < 1.29 is 14.2 Å². The van der Waals surface area contributed by atoms with Gasteiger partial charge in [0.25, 0.3) is 0 Å². The van der Waals surface area contributed by atoms with Crippen LogP contribution in [0.4, 0.5) is 4.39 Å². The lowest BCUT2D eigenvalue weighted by Crippen LogP contribution is -2.23. The van der Waals surface area contributed by atoms with Crippen LogP contribution in [-0.4, -0.2) is 31.5 Å². The molecule has 0 fully saturated rings. The number of nitrogens with zero attached hydrogens (tertiary/aromatic N) is 1. The zero-order chi connectivity index (χ0) is 13.4. The molecule has 0 bridgehead atoms. The summed E-state index contributed by atoms with van der Waals surface area (Å²) in [4.78, 5) is 0. The smallest absolute Gasteiger partial charge is 0.145 e. The van der Waals surface area contributed by atoms with Crippen LogP contribution in [-0.2, 0) is 11.3 Å². The predicted molar refractivity (Wildman–Crippen MR) is 65.3 cm³/mol. The van der Waals surface area contributed by atoms with Gasteiger partial charge in [0.1, 0.15) is 11.9 Å². The van der Waals surface area contributed by atoms with Crippen LogP contribution >= 0.6 is 0 Å². The maximum absolute atomic E-state index is 13.6. The Hall–Kier alpha value is -1.48. The van der Waals surface area contributed by atoms with E-state index in [0.29, 0.717) is 31.7 Å². The van der Waals surface area contributed by atoms with Crippen molar-refractivity contribution in [2.45, 2.75) is 19.1 Å². The van der Waals surface area contributed by atoms with Crippen LogP contribution in [0.15, 0.2) is 18.2 Å². The van der Waals surface area contributed by atoms with Gasteiger partial charge in [0.2, 0.25) is 0 Å². The number of nitrogens with one attached hydrogen (secondary N) is 1. The van der Waals surface area contributed by atoms with Gasteiger partial charge in [0, 0.05) is 19.2 Å². The summed E-state index contributed by atoms with van der Waals surface area (Å²) >= 11 is 0. The zero-order valence-corrected chi connectivity index (χ0v) is 10.3. The highest BCUT2D eigenvalue weighted by Crippen LogP contribution is 2.11. The van der Waals surface area contributed by atoms with Crippen molar-refractivity contribution in [1.29, 1.82) is 5.26 Å². The normalized spacial score (nSPS) is 12.1. The Labute approximate surface area is 106 Å². The van der Waals surface area contributed by atoms with Crippen LogP contribution in [0.2, 0.25) is 0 Å². The van der Waals surface area contributed by atoms with E-state index in [1.807, 2.05) is 0 Å². The van der Waals surface area contributed by atoms with E-state index >= 15 is 0 Å². The fraction of sp³-hybridized carbons (Fsp3) is 0.462. The molecule has 0 aliphatic carbocycles. The molecular weight excluding hydrogens is 235 g/mol. The van der Waals surface area contributed by atoms with Crippen molar-refractivity contribution in [3.63, 3.8) is 0 Å². The first-order valence-corrected chi connectivity index (χ1v) is 5.74. The van der Waals surface area contributed by atoms with Crippen LogP contribution < -0.4 is 5.32 Å². The first kappa shape index (κ1) is 14.6. The van der Waals surface area contributed by atoms with Gasteiger partial charge in [-0.25, -0.2) is 4.39 Å². The lowest BCUT2D eigenvalue weighted by atomic mass is 10.1. The van der Waals surface area contributed by atoms with Crippen molar-refractivity contribution >= 4 is 0 Å². The average molecular weight is 252 g/mol. The van der Waals surface area contributed by atoms with Gasteiger partial charge in [-0.2, -0.15) is 5.26 Å². The van der Waals surface area contributed by atoms with E-state index in [9.17, 15) is 9.50 Å². The molecule has 5 heteroatoms. The van der Waals surface area contributed by atoms with Crippen LogP contribution in [0.5, 0.6) is 0 Å². The molecule has 0 saturated carbocycles. The topological polar surface area (TPSA) is 65.3 Å². The largest absolute Gasteiger partial charge is 0.391 e. The number of aliphatic hydroxyl groups is 1. The SMILES string of the molecule is COCC(O)CCNCc1cccc(C#N)c1F. The van der Waals surface area contributed by atoms with Crippen LogP contribution in [0.1, 0.15) is 17.5 Å². The summed E-state index contributed by atoms with van der Waals surface area (Å²) in [5.41, 5.74) is 0.504. The Kier molecular flexibility index (Phi) is 6.29. The predicted octanol–water partition coefficient (Wildman–Crippen LogP) is 1.18. The number of benzene rings is 1. The molecule has 0 radical (unpaired) electrons. The number of hydrogen-bond donors (Lipinski definition) is 2. The molecule has 1 atom stereocenters. The average Bonchev–Trinajstić information content (AvgIpc) is 2.36. The van der Waals surface area contributed by atoms with E-state index in [0.717, 1.165) is 0 Å². The number of hydrogen-bond acceptors (Lipinski definition) is 4. The van der Waals surface area contributed by atoms with E-state index in [-0.39, 0.29) is 5.56 Å². The molecule has 0 spiro atoms. The third kappa shape index (κ3) is 4.41. The van der Waals surface area contributed by atoms with Crippen molar-refractivity contribution in [2.75, 3.05) is 20.3 Å². The van der Waals surface area contributed by atoms with E-state index in [1.165, 1.54) is 13.2 Å². The van der Waals surface area contributed by atoms with Crippen LogP contribution in [0.25, 0.3) is 0 Å². The Morgan fingerprint density at radius 3 is 3.00 bits per heavy atom. The van der Waals surface area contributed by atoms with E-state index in [1.54, 1.807) is 18.2 Å². The lowest BCUT2D eigenvalue weighted by molar-refractivity contribution is 0.0594. The Morgan fingerprint density at radius 1 is 1.56 bits per heavy atom. The van der Waals surface area contributed by atoms with Gasteiger partial charge < -0.3 is 15.2 Å². The molecule has 98 valence electrons. The molecule has 0 amide bonds. The number of aliphatic hydroxyl groups excluding tert-OH is 1. The van der Waals surface area contributed by atoms with Crippen molar-refractivity contribution in [3.8, 4) is 6.07 Å². The zero-order valence-electron chi connectivity index (χ0n) is 10.3. The monoisotopic (exact) mass is 252 g/mol. The summed E-state index contributed by atoms with van der Waals surface area (Å²) in [5.74, 6) is -0.482. The summed E-state index contributed by atoms with van der Waals surface area (Å²) in [6.07, 6.45) is 0.0192. The maximum Gasteiger partial charge on any atom is 0.145 e. The minimum Gasteiger partial charge on any atom is -0.391 e. The van der Waals surface area contributed by atoms with Crippen molar-refractivity contribution in [2.24, 2.45) is 0 Å². The highest BCUT2D eigenvalue weighted by molar-refractivity contribution is 5.34. The maximum atomic E-state index is 13.6. The molecule has 0 aliphatic heterocycles. The molecule has 0 heterocycles. The molecule has 2 N–H and O–H groups in total. The second kappa shape index (κ2) is 7.77. The Morgan fingerprint density at radius 2 is 2.33 bits per heavy atom. The minimum atomic E-state index is -0.516. The van der Waals surface area contributed by atoms with Gasteiger partial charge in [-0.3, -0.25) is 0 Å². The number of nitriles is 1. The van der Waals surface area contributed by atoms with E-state index in [2.05, 4.69) is 5.32 Å². The number of methoxy groups -OCH3 is 1. The Bertz CT molecular complexity index is 418. The number of halogens is 1. The standard InChI is InChI=1S/C13H17FN2O2/c1-18-9-12(17)5-6-16-8-11-4-2-3-10(7-15)13(11)14/h2-4,12,16-17H,5-6,8-9H2,1H3. The summed E-state index contributed by atoms with van der Waals surface area (Å²) in [5, 5.41) is 21.1. The van der Waals surface area contributed by atoms with Gasteiger partial charge in [-0.15, -0.1) is 0 Å². The van der Waals surface area contributed by atoms with Gasteiger partial charge in [-0.05, 0) is 19.0 Å². The minimum absolute atomic E-state index is 0.0497. The fourth-order valence-electron chi connectivity index (χ4n) is 1.57. The van der Waals surface area contributed by atoms with E-state index < -0.39 is 11.9 Å². The summed E-state index contributed by atoms with van der Waals surface area (Å²) < 4.78 is 18.4. The molecule has 18 heavy (non-hydrogen) atoms. The van der Waals surface area contributed by atoms with Gasteiger partial charge in [0.05, 0.1) is 18.3 Å². The van der Waals surface area contributed by atoms with Crippen molar-refractivity contribution in [3.05, 3.63) is 35.1 Å². The third-order valence-corrected chi connectivity index (χ3v) is 2.53. The molecule has 0 aromatic heterocycles. The molecule has 1 unspecified atom stereocenters. The molecule has 0 aliphatic rings. The fourth-order valence-corrected chi connectivity index (χ4v) is 1.57. The van der Waals surface area contributed by atoms with Gasteiger partial charge >= 0.3 is 0 Å². The second-order valence-electron chi connectivity index (χ2n) is 3.97. The Balaban J connectivity index is 2.38. The summed E-state index contributed by atoms with van der Waals surface area (Å²) in [7, 11) is 1.53. The van der Waals surface area contributed by atoms with Gasteiger partial charge in [-0.1, -0.05) is 12.1 Å². The molecular formula is C13H17FN2O2. The van der Waals surface area contributed by atoms with Gasteiger partial charge in [0.15, 0.2) is 0 Å². The number of ether oxygens (including phenoxy) is 1. The molecule has 1 aromatic carbocycles. The van der Waals surface area contributed by atoms with E-state index in [4.69, 9.17) is 10.00 Å². The highest BCUT2D eigenvalue weighted by Gasteiger charge is 2.07. The summed E-state index contributed by atoms with van der Waals surface area (Å²) in [6.45, 7) is 1.18. The molecule has 0 saturated heterocycles. The first-order valence-electron chi connectivity index (χ1n) is 5.74. The quantitative estimate of drug-likeness (QED) is 0.715. The summed E-state index contributed by atoms with van der Waals surface area (Å²) in [6, 6.07) is 6.53. The van der Waals surface area contributed by atoms with Crippen LogP contribution in [0, 0.1) is 17.1 Å². The van der Waals surface area contributed by atoms with Crippen LogP contribution in [0.3, 0.4) is 0 Å². The second-order valence-corrected chi connectivity index (χ2v) is 3.97. The molecule has 4 nitrogen and oxygen atoms in total. The third-order valence-electron chi connectivity index (χ3n) is 2.53. The lowest BCUT2D eigenvalue weighted by Gasteiger charge is -2.10. The molecule has 1 aromatic rings. The van der Waals surface area contributed by atoms with Crippen molar-refractivity contribution in [1.82, 2.24) is 5.32 Å². The number of rotatable bonds is 7. The molecule has 1 rings (SSSR count). The highest BCUT2D eigenvalue weighted by atomic mass is 19.1. The first-order chi connectivity index (χ1) is 8.69.